The molecule has 0 bridgehead atoms. The minimum atomic E-state index is -4.96. The van der Waals surface area contributed by atoms with Gasteiger partial charge in [0.2, 0.25) is 0 Å². The van der Waals surface area contributed by atoms with E-state index in [0.29, 0.717) is 25.7 Å². The first-order valence-electron chi connectivity index (χ1n) is 42.8. The average molecular weight is 1490 g/mol. The van der Waals surface area contributed by atoms with Crippen molar-refractivity contribution in [1.82, 2.24) is 0 Å². The van der Waals surface area contributed by atoms with Crippen LogP contribution in [-0.4, -0.2) is 96.7 Å². The van der Waals surface area contributed by atoms with E-state index in [4.69, 9.17) is 37.0 Å². The molecule has 17 nitrogen and oxygen atoms in total. The standard InChI is InChI=1S/C83H162O17P2/c1-9-75(7)61-53-45-39-41-48-56-64-81(86)94-70-79(100-83(88)66-58-50-42-40-46-54-62-76(8)10-2)72-98-102(91,92)96-68-77(84)67-95-101(89,90)97-71-78(99-82(87)65-57-49-38-34-30-26-22-18-14-12-16-20-24-28-32-36-44-52-60-74(5)6)69-93-80(85)63-55-47-37-33-29-25-21-17-13-11-15-19-23-27-31-35-43-51-59-73(3)4/h73-79,84H,9-72H2,1-8H3,(H,89,90)(H,91,92)/t75?,76?,77-,78-,79-/m1/s1. The van der Waals surface area contributed by atoms with E-state index in [1.54, 1.807) is 0 Å². The zero-order valence-corrected chi connectivity index (χ0v) is 69.0. The van der Waals surface area contributed by atoms with Gasteiger partial charge in [-0.3, -0.25) is 37.3 Å². The first kappa shape index (κ1) is 100. The topological polar surface area (TPSA) is 237 Å². The van der Waals surface area contributed by atoms with Gasteiger partial charge in [-0.25, -0.2) is 9.13 Å². The molecule has 0 aliphatic carbocycles. The van der Waals surface area contributed by atoms with Crippen LogP contribution in [0.25, 0.3) is 0 Å². The number of hydrogen-bond donors (Lipinski definition) is 3. The quantitative estimate of drug-likeness (QED) is 0.0222. The van der Waals surface area contributed by atoms with Gasteiger partial charge < -0.3 is 33.8 Å². The third-order valence-corrected chi connectivity index (χ3v) is 21.9. The van der Waals surface area contributed by atoms with Crippen LogP contribution in [0.5, 0.6) is 0 Å². The first-order chi connectivity index (χ1) is 49.2. The van der Waals surface area contributed by atoms with Crippen LogP contribution >= 0.6 is 15.6 Å². The van der Waals surface area contributed by atoms with Gasteiger partial charge in [-0.1, -0.05) is 376 Å². The summed E-state index contributed by atoms with van der Waals surface area (Å²) in [6.07, 6.45) is 60.0. The number of hydrogen-bond acceptors (Lipinski definition) is 15. The summed E-state index contributed by atoms with van der Waals surface area (Å²) >= 11 is 0. The van der Waals surface area contributed by atoms with Crippen molar-refractivity contribution >= 4 is 39.5 Å². The smallest absolute Gasteiger partial charge is 0.462 e. The Labute approximate surface area is 626 Å². The zero-order valence-electron chi connectivity index (χ0n) is 67.2. The van der Waals surface area contributed by atoms with E-state index in [-0.39, 0.29) is 25.7 Å². The molecule has 0 aromatic carbocycles. The Morgan fingerprint density at radius 1 is 0.275 bits per heavy atom. The molecule has 0 rings (SSSR count). The Morgan fingerprint density at radius 3 is 0.696 bits per heavy atom. The lowest BCUT2D eigenvalue weighted by Crippen LogP contribution is -2.30. The molecular weight excluding hydrogens is 1330 g/mol. The molecule has 0 radical (unpaired) electrons. The normalized spacial score (nSPS) is 14.5. The van der Waals surface area contributed by atoms with Crippen LogP contribution in [-0.2, 0) is 65.4 Å². The number of carbonyl (C=O) groups is 4. The van der Waals surface area contributed by atoms with Gasteiger partial charge in [-0.05, 0) is 49.4 Å². The summed E-state index contributed by atoms with van der Waals surface area (Å²) in [5.74, 6) is 0.977. The number of esters is 4. The predicted octanol–water partition coefficient (Wildman–Crippen LogP) is 24.8. The second-order valence-corrected chi connectivity index (χ2v) is 34.2. The molecule has 0 saturated heterocycles. The molecule has 0 spiro atoms. The maximum atomic E-state index is 13.1. The monoisotopic (exact) mass is 1490 g/mol. The van der Waals surface area contributed by atoms with Gasteiger partial charge in [0.25, 0.3) is 0 Å². The number of aliphatic hydroxyl groups is 1. The third kappa shape index (κ3) is 73.6. The molecule has 0 aromatic heterocycles. The number of rotatable bonds is 80. The summed E-state index contributed by atoms with van der Waals surface area (Å²) in [7, 11) is -9.92. The molecule has 0 aliphatic heterocycles. The summed E-state index contributed by atoms with van der Waals surface area (Å²) in [5, 5.41) is 10.6. The van der Waals surface area contributed by atoms with Crippen molar-refractivity contribution in [3.8, 4) is 0 Å². The Bertz CT molecular complexity index is 1990. The number of ether oxygens (including phenoxy) is 4. The van der Waals surface area contributed by atoms with Crippen LogP contribution in [0.15, 0.2) is 0 Å². The van der Waals surface area contributed by atoms with Crippen molar-refractivity contribution in [3.63, 3.8) is 0 Å². The molecule has 0 fully saturated rings. The van der Waals surface area contributed by atoms with Crippen LogP contribution in [0.2, 0.25) is 0 Å². The van der Waals surface area contributed by atoms with Gasteiger partial charge in [-0.15, -0.1) is 0 Å². The summed E-state index contributed by atoms with van der Waals surface area (Å²) in [5.41, 5.74) is 0. The molecule has 19 heteroatoms. The van der Waals surface area contributed by atoms with Gasteiger partial charge in [0.15, 0.2) is 12.2 Å². The van der Waals surface area contributed by atoms with Crippen molar-refractivity contribution in [1.29, 1.82) is 0 Å². The molecule has 0 aliphatic rings. The summed E-state index contributed by atoms with van der Waals surface area (Å²) in [4.78, 5) is 73.0. The van der Waals surface area contributed by atoms with Crippen LogP contribution in [0, 0.1) is 23.7 Å². The van der Waals surface area contributed by atoms with Crippen molar-refractivity contribution in [2.75, 3.05) is 39.6 Å². The molecule has 0 aromatic rings. The highest BCUT2D eigenvalue weighted by Gasteiger charge is 2.30. The molecule has 102 heavy (non-hydrogen) atoms. The minimum absolute atomic E-state index is 0.102. The molecular formula is C83H162O17P2. The van der Waals surface area contributed by atoms with Gasteiger partial charge in [0.1, 0.15) is 19.3 Å². The summed E-state index contributed by atoms with van der Waals surface area (Å²) in [6, 6.07) is 0. The Balaban J connectivity index is 5.19. The molecule has 0 heterocycles. The Kier molecular flexibility index (Phi) is 70.6. The van der Waals surface area contributed by atoms with Crippen LogP contribution in [0.3, 0.4) is 0 Å². The lowest BCUT2D eigenvalue weighted by molar-refractivity contribution is -0.161. The van der Waals surface area contributed by atoms with Gasteiger partial charge in [0, 0.05) is 25.7 Å². The van der Waals surface area contributed by atoms with E-state index in [1.165, 1.54) is 225 Å². The molecule has 4 unspecified atom stereocenters. The van der Waals surface area contributed by atoms with Crippen LogP contribution in [0.1, 0.15) is 428 Å². The summed E-state index contributed by atoms with van der Waals surface area (Å²) in [6.45, 7) is 14.2. The Hall–Kier alpha value is -1.94. The highest BCUT2D eigenvalue weighted by atomic mass is 31.2. The lowest BCUT2D eigenvalue weighted by Gasteiger charge is -2.21. The number of unbranched alkanes of at least 4 members (excludes halogenated alkanes) is 44. The maximum Gasteiger partial charge on any atom is 0.472 e. The first-order valence-corrected chi connectivity index (χ1v) is 45.8. The average Bonchev–Trinajstić information content (AvgIpc) is 0.905. The molecule has 7 atom stereocenters. The van der Waals surface area contributed by atoms with E-state index < -0.39 is 97.5 Å². The molecule has 0 saturated carbocycles. The fraction of sp³-hybridized carbons (Fsp3) is 0.952. The largest absolute Gasteiger partial charge is 0.472 e. The second-order valence-electron chi connectivity index (χ2n) is 31.3. The van der Waals surface area contributed by atoms with Gasteiger partial charge in [-0.2, -0.15) is 0 Å². The molecule has 3 N–H and O–H groups in total. The predicted molar refractivity (Wildman–Crippen MR) is 418 cm³/mol. The van der Waals surface area contributed by atoms with E-state index in [9.17, 15) is 43.2 Å². The highest BCUT2D eigenvalue weighted by molar-refractivity contribution is 7.47. The zero-order chi connectivity index (χ0) is 75.3. The van der Waals surface area contributed by atoms with Crippen molar-refractivity contribution in [3.05, 3.63) is 0 Å². The van der Waals surface area contributed by atoms with Crippen LogP contribution < -0.4 is 0 Å². The fourth-order valence-corrected chi connectivity index (χ4v) is 14.3. The lowest BCUT2D eigenvalue weighted by atomic mass is 10.00. The van der Waals surface area contributed by atoms with E-state index >= 15 is 0 Å². The second kappa shape index (κ2) is 72.0. The Morgan fingerprint density at radius 2 is 0.471 bits per heavy atom. The van der Waals surface area contributed by atoms with Crippen molar-refractivity contribution in [2.45, 2.75) is 446 Å². The van der Waals surface area contributed by atoms with E-state index in [1.807, 2.05) is 0 Å². The van der Waals surface area contributed by atoms with Gasteiger partial charge >= 0.3 is 39.5 Å². The summed E-state index contributed by atoms with van der Waals surface area (Å²) < 4.78 is 68.7. The van der Waals surface area contributed by atoms with Crippen LogP contribution in [0.4, 0.5) is 0 Å². The molecule has 0 amide bonds. The number of aliphatic hydroxyl groups excluding tert-OH is 1. The van der Waals surface area contributed by atoms with Crippen molar-refractivity contribution < 1.29 is 80.2 Å². The SMILES string of the molecule is CCC(C)CCCCCCCCC(=O)OC[C@H](COP(=O)(O)OC[C@H](O)COP(=O)(O)OC[C@@H](COC(=O)CCCCCCCCCCCCCCCCCCCCC(C)C)OC(=O)CCCCCCCCCCCCCCCCCCCCC(C)C)OC(=O)CCCCCCCCC(C)CC. The third-order valence-electron chi connectivity index (χ3n) is 20.0. The fourth-order valence-electron chi connectivity index (χ4n) is 12.7. The van der Waals surface area contributed by atoms with E-state index in [0.717, 1.165) is 120 Å². The van der Waals surface area contributed by atoms with E-state index in [2.05, 4.69) is 55.4 Å². The van der Waals surface area contributed by atoms with Gasteiger partial charge in [0.05, 0.1) is 26.4 Å². The van der Waals surface area contributed by atoms with Crippen molar-refractivity contribution in [2.24, 2.45) is 23.7 Å². The number of carbonyl (C=O) groups excluding carboxylic acids is 4. The molecule has 606 valence electrons. The number of phosphoric ester groups is 2. The maximum absolute atomic E-state index is 13.1. The number of phosphoric acid groups is 2. The highest BCUT2D eigenvalue weighted by Crippen LogP contribution is 2.45. The minimum Gasteiger partial charge on any atom is -0.462 e.